The topological polar surface area (TPSA) is 43.4 Å². The Kier molecular flexibility index (Phi) is 4.61. The Bertz CT molecular complexity index is 700. The van der Waals surface area contributed by atoms with E-state index < -0.39 is 0 Å². The van der Waals surface area contributed by atoms with E-state index in [1.165, 1.54) is 5.57 Å². The highest BCUT2D eigenvalue weighted by Gasteiger charge is 2.65. The molecule has 7 atom stereocenters. The molecule has 0 aromatic rings. The summed E-state index contributed by atoms with van der Waals surface area (Å²) in [5.74, 6) is 1.90. The molecule has 0 N–H and O–H groups in total. The zero-order valence-electron chi connectivity index (χ0n) is 17.2. The molecule has 0 bridgehead atoms. The van der Waals surface area contributed by atoms with Crippen LogP contribution in [-0.4, -0.2) is 22.6 Å². The van der Waals surface area contributed by atoms with Crippen LogP contribution < -0.4 is 0 Å². The molecular formula is C23H34O3S. The maximum Gasteiger partial charge on any atom is 0.306 e. The van der Waals surface area contributed by atoms with E-state index in [0.717, 1.165) is 38.5 Å². The summed E-state index contributed by atoms with van der Waals surface area (Å²) < 4.78 is 6.06. The minimum atomic E-state index is -0.358. The second kappa shape index (κ2) is 6.37. The highest BCUT2D eigenvalue weighted by atomic mass is 32.1. The van der Waals surface area contributed by atoms with Gasteiger partial charge in [0.2, 0.25) is 0 Å². The molecule has 0 spiro atoms. The van der Waals surface area contributed by atoms with Crippen LogP contribution in [0.15, 0.2) is 11.6 Å². The van der Waals surface area contributed by atoms with E-state index in [4.69, 9.17) is 17.4 Å². The summed E-state index contributed by atoms with van der Waals surface area (Å²) in [7, 11) is 0. The van der Waals surface area contributed by atoms with Crippen LogP contribution in [0.4, 0.5) is 0 Å². The van der Waals surface area contributed by atoms with E-state index >= 15 is 0 Å². The molecule has 0 aliphatic heterocycles. The van der Waals surface area contributed by atoms with Crippen LogP contribution in [0.3, 0.4) is 0 Å². The second-order valence-electron chi connectivity index (χ2n) is 10.2. The van der Waals surface area contributed by atoms with Crippen molar-refractivity contribution in [2.24, 2.45) is 28.6 Å². The van der Waals surface area contributed by atoms with Gasteiger partial charge in [0.15, 0.2) is 5.78 Å². The van der Waals surface area contributed by atoms with Gasteiger partial charge in [-0.25, -0.2) is 0 Å². The molecule has 3 nitrogen and oxygen atoms in total. The summed E-state index contributed by atoms with van der Waals surface area (Å²) in [5.41, 5.74) is 1.17. The number of carbonyl (C=O) groups is 2. The van der Waals surface area contributed by atoms with E-state index in [9.17, 15) is 9.59 Å². The lowest BCUT2D eigenvalue weighted by Crippen LogP contribution is -2.57. The molecule has 4 rings (SSSR count). The SMILES string of the molecule is CCC(=O)O[C@@]1(C)CCC2C3C(CCC21C)C1(C)CCC(=O)C=C1C[C@H]3S. The third-order valence-electron chi connectivity index (χ3n) is 9.14. The summed E-state index contributed by atoms with van der Waals surface area (Å²) in [6.07, 6.45) is 9.33. The summed E-state index contributed by atoms with van der Waals surface area (Å²) in [6, 6.07) is 0. The van der Waals surface area contributed by atoms with Crippen molar-refractivity contribution < 1.29 is 14.3 Å². The monoisotopic (exact) mass is 390 g/mol. The van der Waals surface area contributed by atoms with Gasteiger partial charge in [-0.15, -0.1) is 0 Å². The molecule has 0 heterocycles. The molecule has 3 fully saturated rings. The average molecular weight is 391 g/mol. The summed E-state index contributed by atoms with van der Waals surface area (Å²) in [5, 5.41) is 0.300. The van der Waals surface area contributed by atoms with Gasteiger partial charge in [-0.2, -0.15) is 12.6 Å². The van der Waals surface area contributed by atoms with Crippen LogP contribution in [0.25, 0.3) is 0 Å². The van der Waals surface area contributed by atoms with E-state index in [-0.39, 0.29) is 22.4 Å². The van der Waals surface area contributed by atoms with Gasteiger partial charge in [0.05, 0.1) is 0 Å². The quantitative estimate of drug-likeness (QED) is 0.524. The Morgan fingerprint density at radius 1 is 1.19 bits per heavy atom. The maximum absolute atomic E-state index is 12.1. The van der Waals surface area contributed by atoms with Gasteiger partial charge in [-0.05, 0) is 74.7 Å². The molecule has 4 aliphatic carbocycles. The van der Waals surface area contributed by atoms with Crippen molar-refractivity contribution in [2.75, 3.05) is 0 Å². The molecule has 0 aromatic heterocycles. The molecule has 27 heavy (non-hydrogen) atoms. The fourth-order valence-electron chi connectivity index (χ4n) is 7.24. The second-order valence-corrected chi connectivity index (χ2v) is 10.8. The first kappa shape index (κ1) is 19.5. The van der Waals surface area contributed by atoms with Gasteiger partial charge in [-0.3, -0.25) is 9.59 Å². The maximum atomic E-state index is 12.1. The van der Waals surface area contributed by atoms with E-state index in [2.05, 4.69) is 20.8 Å². The molecule has 0 saturated heterocycles. The van der Waals surface area contributed by atoms with Crippen LogP contribution >= 0.6 is 12.6 Å². The van der Waals surface area contributed by atoms with Crippen LogP contribution in [0, 0.1) is 28.6 Å². The largest absolute Gasteiger partial charge is 0.459 e. The predicted octanol–water partition coefficient (Wildman–Crippen LogP) is 5.14. The van der Waals surface area contributed by atoms with Gasteiger partial charge in [0.1, 0.15) is 5.60 Å². The average Bonchev–Trinajstić information content (AvgIpc) is 2.88. The van der Waals surface area contributed by atoms with Crippen LogP contribution in [0.5, 0.6) is 0 Å². The number of fused-ring (bicyclic) bond motifs is 5. The normalized spacial score (nSPS) is 48.9. The molecule has 150 valence electrons. The van der Waals surface area contributed by atoms with Crippen molar-refractivity contribution in [1.29, 1.82) is 0 Å². The zero-order valence-corrected chi connectivity index (χ0v) is 18.1. The van der Waals surface area contributed by atoms with Crippen molar-refractivity contribution in [1.82, 2.24) is 0 Å². The van der Waals surface area contributed by atoms with Crippen molar-refractivity contribution in [3.63, 3.8) is 0 Å². The number of hydrogen-bond donors (Lipinski definition) is 1. The molecule has 5 unspecified atom stereocenters. The van der Waals surface area contributed by atoms with Crippen molar-refractivity contribution in [3.8, 4) is 0 Å². The number of rotatable bonds is 2. The van der Waals surface area contributed by atoms with Crippen molar-refractivity contribution in [2.45, 2.75) is 89.9 Å². The third kappa shape index (κ3) is 2.68. The van der Waals surface area contributed by atoms with Crippen LogP contribution in [0.2, 0.25) is 0 Å². The van der Waals surface area contributed by atoms with Crippen LogP contribution in [-0.2, 0) is 14.3 Å². The molecule has 3 saturated carbocycles. The van der Waals surface area contributed by atoms with E-state index in [0.29, 0.717) is 41.6 Å². The van der Waals surface area contributed by atoms with Crippen molar-refractivity contribution in [3.05, 3.63) is 11.6 Å². The number of ketones is 1. The Morgan fingerprint density at radius 2 is 1.89 bits per heavy atom. The summed E-state index contributed by atoms with van der Waals surface area (Å²) >= 11 is 5.07. The Morgan fingerprint density at radius 3 is 2.59 bits per heavy atom. The summed E-state index contributed by atoms with van der Waals surface area (Å²) in [6.45, 7) is 8.81. The minimum absolute atomic E-state index is 0.0298. The fraction of sp³-hybridized carbons (Fsp3) is 0.826. The number of esters is 1. The minimum Gasteiger partial charge on any atom is -0.459 e. The number of carbonyl (C=O) groups excluding carboxylic acids is 2. The van der Waals surface area contributed by atoms with Gasteiger partial charge >= 0.3 is 5.97 Å². The Hall–Kier alpha value is -0.770. The number of allylic oxidation sites excluding steroid dienone is 1. The predicted molar refractivity (Wildman–Crippen MR) is 110 cm³/mol. The van der Waals surface area contributed by atoms with Gasteiger partial charge in [0, 0.05) is 23.5 Å². The first-order chi connectivity index (χ1) is 12.6. The van der Waals surface area contributed by atoms with Crippen LogP contribution in [0.1, 0.15) is 79.1 Å². The lowest BCUT2D eigenvalue weighted by Gasteiger charge is -2.60. The smallest absolute Gasteiger partial charge is 0.306 e. The van der Waals surface area contributed by atoms with E-state index in [1.54, 1.807) is 0 Å². The van der Waals surface area contributed by atoms with Crippen molar-refractivity contribution >= 4 is 24.4 Å². The van der Waals surface area contributed by atoms with Gasteiger partial charge in [0.25, 0.3) is 0 Å². The fourth-order valence-corrected chi connectivity index (χ4v) is 7.86. The molecule has 0 radical (unpaired) electrons. The highest BCUT2D eigenvalue weighted by Crippen LogP contribution is 2.68. The first-order valence-electron chi connectivity index (χ1n) is 10.8. The van der Waals surface area contributed by atoms with Gasteiger partial charge < -0.3 is 4.74 Å². The molecule has 4 heteroatoms. The molecular weight excluding hydrogens is 356 g/mol. The van der Waals surface area contributed by atoms with E-state index in [1.807, 2.05) is 13.0 Å². The Labute approximate surface area is 169 Å². The summed E-state index contributed by atoms with van der Waals surface area (Å²) in [4.78, 5) is 24.2. The first-order valence-corrected chi connectivity index (χ1v) is 11.3. The van der Waals surface area contributed by atoms with Gasteiger partial charge in [-0.1, -0.05) is 26.3 Å². The number of hydrogen-bond acceptors (Lipinski definition) is 4. The highest BCUT2D eigenvalue weighted by molar-refractivity contribution is 7.81. The third-order valence-corrected chi connectivity index (χ3v) is 9.67. The lowest BCUT2D eigenvalue weighted by molar-refractivity contribution is -0.179. The Balaban J connectivity index is 1.68. The lowest BCUT2D eigenvalue weighted by atomic mass is 9.46. The molecule has 4 aliphatic rings. The standard InChI is InChI=1S/C23H34O3S/c1-5-19(25)26-23(4)11-8-17-20-16(7-10-22(17,23)3)21(2)9-6-15(24)12-14(21)13-18(20)27/h12,16-18,20,27H,5-11,13H2,1-4H3/t16?,17?,18-,20?,21?,22?,23+/m1/s1. The zero-order chi connectivity index (χ0) is 19.6. The number of thiol groups is 1. The number of ether oxygens (including phenoxy) is 1. The molecule has 0 aromatic carbocycles. The molecule has 0 amide bonds.